The van der Waals surface area contributed by atoms with Gasteiger partial charge < -0.3 is 15.5 Å². The number of hydrogen-bond donors (Lipinski definition) is 2. The molecular formula is C23H40IN5O. The van der Waals surface area contributed by atoms with Crippen LogP contribution < -0.4 is 10.6 Å². The van der Waals surface area contributed by atoms with Crippen LogP contribution in [0.5, 0.6) is 0 Å². The van der Waals surface area contributed by atoms with Crippen LogP contribution in [0, 0.1) is 0 Å². The van der Waals surface area contributed by atoms with E-state index in [2.05, 4.69) is 42.4 Å². The maximum absolute atomic E-state index is 12.1. The van der Waals surface area contributed by atoms with Gasteiger partial charge in [-0.1, -0.05) is 18.6 Å². The van der Waals surface area contributed by atoms with Gasteiger partial charge in [0, 0.05) is 44.8 Å². The summed E-state index contributed by atoms with van der Waals surface area (Å²) in [5.74, 6) is 0.903. The standard InChI is InChI=1S/C23H39N5O.HI/c1-6-24-23(26-17-19(3)28-15-8-7-10-18(28)2)25-14-13-20-11-9-12-21(16-20)22(29)27(4)5;/h9,11-12,16,18-19H,6-8,10,13-15,17H2,1-5H3,(H2,24,25,26);1H. The molecule has 1 amide bonds. The zero-order valence-electron chi connectivity index (χ0n) is 19.3. The van der Waals surface area contributed by atoms with Crippen molar-refractivity contribution in [3.05, 3.63) is 35.4 Å². The summed E-state index contributed by atoms with van der Waals surface area (Å²) in [5, 5.41) is 6.78. The zero-order valence-corrected chi connectivity index (χ0v) is 21.6. The highest BCUT2D eigenvalue weighted by atomic mass is 127. The number of aliphatic imine (C=N–C) groups is 1. The van der Waals surface area contributed by atoms with Crippen molar-refractivity contribution >= 4 is 35.8 Å². The minimum atomic E-state index is 0. The number of benzene rings is 1. The summed E-state index contributed by atoms with van der Waals surface area (Å²) >= 11 is 0. The highest BCUT2D eigenvalue weighted by Crippen LogP contribution is 2.19. The summed E-state index contributed by atoms with van der Waals surface area (Å²) in [6, 6.07) is 8.98. The molecule has 1 heterocycles. The number of halogens is 1. The molecule has 170 valence electrons. The fourth-order valence-electron chi connectivity index (χ4n) is 3.89. The van der Waals surface area contributed by atoms with Crippen LogP contribution in [0.15, 0.2) is 29.3 Å². The van der Waals surface area contributed by atoms with Crippen molar-refractivity contribution < 1.29 is 4.79 Å². The molecule has 0 aliphatic carbocycles. The molecule has 0 aromatic heterocycles. The first-order chi connectivity index (χ1) is 13.9. The van der Waals surface area contributed by atoms with Crippen LogP contribution in [-0.2, 0) is 6.42 Å². The Labute approximate surface area is 199 Å². The highest BCUT2D eigenvalue weighted by Gasteiger charge is 2.22. The van der Waals surface area contributed by atoms with Gasteiger partial charge in [0.1, 0.15) is 0 Å². The second-order valence-corrected chi connectivity index (χ2v) is 8.23. The number of nitrogens with zero attached hydrogens (tertiary/aromatic N) is 3. The van der Waals surface area contributed by atoms with Crippen LogP contribution in [0.1, 0.15) is 56.0 Å². The van der Waals surface area contributed by atoms with Crippen molar-refractivity contribution in [1.82, 2.24) is 20.4 Å². The Hall–Kier alpha value is -1.35. The summed E-state index contributed by atoms with van der Waals surface area (Å²) < 4.78 is 0. The summed E-state index contributed by atoms with van der Waals surface area (Å²) in [7, 11) is 3.56. The summed E-state index contributed by atoms with van der Waals surface area (Å²) in [4.78, 5) is 21.2. The Bertz CT molecular complexity index is 679. The molecule has 1 aliphatic heterocycles. The average Bonchev–Trinajstić information content (AvgIpc) is 2.71. The number of guanidine groups is 1. The number of carbonyl (C=O) groups excluding carboxylic acids is 1. The lowest BCUT2D eigenvalue weighted by Crippen LogP contribution is -2.45. The van der Waals surface area contributed by atoms with Gasteiger partial charge in [-0.3, -0.25) is 14.7 Å². The maximum atomic E-state index is 12.1. The number of carbonyl (C=O) groups is 1. The fraction of sp³-hybridized carbons (Fsp3) is 0.652. The van der Waals surface area contributed by atoms with Gasteiger partial charge in [0.25, 0.3) is 5.91 Å². The van der Waals surface area contributed by atoms with Crippen molar-refractivity contribution in [2.75, 3.05) is 40.3 Å². The van der Waals surface area contributed by atoms with Crippen molar-refractivity contribution in [3.8, 4) is 0 Å². The second kappa shape index (κ2) is 13.9. The molecule has 2 rings (SSSR count). The molecule has 0 radical (unpaired) electrons. The van der Waals surface area contributed by atoms with E-state index in [9.17, 15) is 4.79 Å². The van der Waals surface area contributed by atoms with Gasteiger partial charge >= 0.3 is 0 Å². The molecule has 30 heavy (non-hydrogen) atoms. The van der Waals surface area contributed by atoms with Gasteiger partial charge in [-0.2, -0.15) is 0 Å². The predicted octanol–water partition coefficient (Wildman–Crippen LogP) is 3.37. The number of amides is 1. The smallest absolute Gasteiger partial charge is 0.253 e. The van der Waals surface area contributed by atoms with Gasteiger partial charge in [0.15, 0.2) is 5.96 Å². The van der Waals surface area contributed by atoms with E-state index in [0.717, 1.165) is 43.1 Å². The van der Waals surface area contributed by atoms with Crippen LogP contribution in [0.3, 0.4) is 0 Å². The molecule has 1 fully saturated rings. The topological polar surface area (TPSA) is 60.0 Å². The van der Waals surface area contributed by atoms with Crippen molar-refractivity contribution in [1.29, 1.82) is 0 Å². The number of hydrogen-bond acceptors (Lipinski definition) is 3. The SMILES string of the molecule is CCNC(=NCC(C)N1CCCCC1C)NCCc1cccc(C(=O)N(C)C)c1.I. The van der Waals surface area contributed by atoms with E-state index in [1.807, 2.05) is 18.2 Å². The van der Waals surface area contributed by atoms with E-state index in [0.29, 0.717) is 12.1 Å². The molecule has 2 unspecified atom stereocenters. The Kier molecular flexibility index (Phi) is 12.3. The first kappa shape index (κ1) is 26.7. The largest absolute Gasteiger partial charge is 0.357 e. The van der Waals surface area contributed by atoms with Crippen LogP contribution in [0.25, 0.3) is 0 Å². The van der Waals surface area contributed by atoms with Gasteiger partial charge in [-0.25, -0.2) is 0 Å². The van der Waals surface area contributed by atoms with Crippen LogP contribution in [0.4, 0.5) is 0 Å². The summed E-state index contributed by atoms with van der Waals surface area (Å²) in [6.45, 7) is 10.3. The molecule has 1 aliphatic rings. The lowest BCUT2D eigenvalue weighted by molar-refractivity contribution is 0.0827. The summed E-state index contributed by atoms with van der Waals surface area (Å²) in [6.07, 6.45) is 4.78. The van der Waals surface area contributed by atoms with Crippen LogP contribution in [-0.4, -0.2) is 74.0 Å². The number of likely N-dealkylation sites (tertiary alicyclic amines) is 1. The van der Waals surface area contributed by atoms with Gasteiger partial charge in [-0.05, 0) is 64.3 Å². The lowest BCUT2D eigenvalue weighted by Gasteiger charge is -2.37. The van der Waals surface area contributed by atoms with Crippen molar-refractivity contribution in [3.63, 3.8) is 0 Å². The molecule has 1 saturated heterocycles. The molecule has 0 spiro atoms. The predicted molar refractivity (Wildman–Crippen MR) is 137 cm³/mol. The molecule has 7 heteroatoms. The monoisotopic (exact) mass is 529 g/mol. The number of nitrogens with one attached hydrogen (secondary N) is 2. The van der Waals surface area contributed by atoms with E-state index >= 15 is 0 Å². The van der Waals surface area contributed by atoms with Gasteiger partial charge in [0.05, 0.1) is 6.54 Å². The molecule has 2 N–H and O–H groups in total. The zero-order chi connectivity index (χ0) is 21.2. The Balaban J connectivity index is 0.00000450. The Morgan fingerprint density at radius 3 is 2.73 bits per heavy atom. The Morgan fingerprint density at radius 1 is 1.30 bits per heavy atom. The van der Waals surface area contributed by atoms with Gasteiger partial charge in [-0.15, -0.1) is 24.0 Å². The quantitative estimate of drug-likeness (QED) is 0.308. The highest BCUT2D eigenvalue weighted by molar-refractivity contribution is 14.0. The van der Waals surface area contributed by atoms with Crippen molar-refractivity contribution in [2.24, 2.45) is 4.99 Å². The minimum Gasteiger partial charge on any atom is -0.357 e. The number of rotatable bonds is 8. The normalized spacial score (nSPS) is 18.3. The first-order valence-corrected chi connectivity index (χ1v) is 11.0. The first-order valence-electron chi connectivity index (χ1n) is 11.0. The van der Waals surface area contributed by atoms with Gasteiger partial charge in [0.2, 0.25) is 0 Å². The molecule has 6 nitrogen and oxygen atoms in total. The Morgan fingerprint density at radius 2 is 2.07 bits per heavy atom. The van der Waals surface area contributed by atoms with Crippen LogP contribution >= 0.6 is 24.0 Å². The molecule has 1 aromatic rings. The van der Waals surface area contributed by atoms with E-state index in [4.69, 9.17) is 4.99 Å². The molecule has 1 aromatic carbocycles. The second-order valence-electron chi connectivity index (χ2n) is 8.23. The fourth-order valence-corrected chi connectivity index (χ4v) is 3.89. The van der Waals surface area contributed by atoms with Crippen LogP contribution in [0.2, 0.25) is 0 Å². The third kappa shape index (κ3) is 8.41. The molecule has 0 saturated carbocycles. The summed E-state index contributed by atoms with van der Waals surface area (Å²) in [5.41, 5.74) is 1.88. The molecular weight excluding hydrogens is 489 g/mol. The van der Waals surface area contributed by atoms with E-state index in [-0.39, 0.29) is 29.9 Å². The molecule has 0 bridgehead atoms. The van der Waals surface area contributed by atoms with E-state index in [1.54, 1.807) is 19.0 Å². The lowest BCUT2D eigenvalue weighted by atomic mass is 10.0. The maximum Gasteiger partial charge on any atom is 0.253 e. The number of piperidine rings is 1. The average molecular weight is 530 g/mol. The minimum absolute atomic E-state index is 0. The van der Waals surface area contributed by atoms with E-state index in [1.165, 1.54) is 25.8 Å². The van der Waals surface area contributed by atoms with E-state index < -0.39 is 0 Å². The third-order valence-corrected chi connectivity index (χ3v) is 5.56. The molecule has 2 atom stereocenters. The van der Waals surface area contributed by atoms with Crippen molar-refractivity contribution in [2.45, 2.75) is 58.5 Å². The third-order valence-electron chi connectivity index (χ3n) is 5.56.